The van der Waals surface area contributed by atoms with Crippen molar-refractivity contribution in [3.8, 4) is 0 Å². The predicted octanol–water partition coefficient (Wildman–Crippen LogP) is 5.19. The zero-order valence-corrected chi connectivity index (χ0v) is 24.7. The van der Waals surface area contributed by atoms with E-state index in [1.54, 1.807) is 24.3 Å². The predicted molar refractivity (Wildman–Crippen MR) is 165 cm³/mol. The fraction of sp³-hybridized carbons (Fsp3) is 0.303. The molecule has 2 atom stereocenters. The SMILES string of the molecule is CCCC(C)C(=O)N1CC(NC(=O)Nc2cccc(C(=O)O)c2)C(=O)N(CC(=O)c2ccccc2C)c2cc(C)ccc21. The number of urea groups is 1. The first kappa shape index (κ1) is 31.0. The summed E-state index contributed by atoms with van der Waals surface area (Å²) in [5.41, 5.74) is 3.15. The molecule has 0 spiro atoms. The first-order valence-electron chi connectivity index (χ1n) is 14.2. The van der Waals surface area contributed by atoms with Crippen LogP contribution in [0.1, 0.15) is 58.5 Å². The van der Waals surface area contributed by atoms with Crippen LogP contribution in [-0.4, -0.2) is 53.8 Å². The van der Waals surface area contributed by atoms with E-state index < -0.39 is 23.9 Å². The van der Waals surface area contributed by atoms with Crippen LogP contribution in [-0.2, 0) is 9.59 Å². The molecule has 0 saturated carbocycles. The molecule has 3 N–H and O–H groups in total. The van der Waals surface area contributed by atoms with Gasteiger partial charge in [-0.05, 0) is 61.7 Å². The van der Waals surface area contributed by atoms with Crippen molar-refractivity contribution in [2.75, 3.05) is 28.2 Å². The number of aryl methyl sites for hydroxylation is 2. The van der Waals surface area contributed by atoms with E-state index >= 15 is 0 Å². The maximum absolute atomic E-state index is 14.2. The summed E-state index contributed by atoms with van der Waals surface area (Å²) in [6, 6.07) is 16.2. The van der Waals surface area contributed by atoms with Crippen molar-refractivity contribution in [1.82, 2.24) is 5.32 Å². The van der Waals surface area contributed by atoms with Crippen molar-refractivity contribution in [1.29, 1.82) is 0 Å². The number of fused-ring (bicyclic) bond motifs is 1. The minimum atomic E-state index is -1.21. The molecule has 0 aromatic heterocycles. The third kappa shape index (κ3) is 7.09. The second-order valence-electron chi connectivity index (χ2n) is 10.8. The third-order valence-corrected chi connectivity index (χ3v) is 7.47. The normalized spacial score (nSPS) is 15.3. The lowest BCUT2D eigenvalue weighted by Gasteiger charge is -2.28. The zero-order valence-electron chi connectivity index (χ0n) is 24.7. The van der Waals surface area contributed by atoms with Gasteiger partial charge in [-0.3, -0.25) is 14.4 Å². The highest BCUT2D eigenvalue weighted by Gasteiger charge is 2.38. The number of hydrogen-bond donors (Lipinski definition) is 3. The van der Waals surface area contributed by atoms with Gasteiger partial charge in [0.05, 0.1) is 30.0 Å². The number of Topliss-reactive ketones (excluding diaryl/α,β-unsaturated/α-hetero) is 1. The lowest BCUT2D eigenvalue weighted by atomic mass is 10.0. The molecule has 0 radical (unpaired) electrons. The molecule has 224 valence electrons. The summed E-state index contributed by atoms with van der Waals surface area (Å²) in [7, 11) is 0. The van der Waals surface area contributed by atoms with Gasteiger partial charge < -0.3 is 25.5 Å². The Balaban J connectivity index is 1.73. The fourth-order valence-corrected chi connectivity index (χ4v) is 5.22. The molecule has 3 aromatic carbocycles. The maximum Gasteiger partial charge on any atom is 0.335 e. The molecule has 1 aliphatic rings. The smallest absolute Gasteiger partial charge is 0.335 e. The van der Waals surface area contributed by atoms with Crippen LogP contribution in [0.15, 0.2) is 66.7 Å². The second kappa shape index (κ2) is 13.3. The van der Waals surface area contributed by atoms with Crippen molar-refractivity contribution >= 4 is 46.7 Å². The number of benzene rings is 3. The first-order valence-corrected chi connectivity index (χ1v) is 14.2. The zero-order chi connectivity index (χ0) is 31.3. The highest BCUT2D eigenvalue weighted by atomic mass is 16.4. The van der Waals surface area contributed by atoms with E-state index in [1.807, 2.05) is 45.9 Å². The molecule has 3 aromatic rings. The Morgan fingerprint density at radius 1 is 0.977 bits per heavy atom. The number of nitrogens with zero attached hydrogens (tertiary/aromatic N) is 2. The molecule has 4 rings (SSSR count). The van der Waals surface area contributed by atoms with Crippen LogP contribution in [0.5, 0.6) is 0 Å². The number of aromatic carboxylic acids is 1. The van der Waals surface area contributed by atoms with Gasteiger partial charge in [-0.1, -0.05) is 56.7 Å². The number of rotatable bonds is 9. The van der Waals surface area contributed by atoms with Gasteiger partial charge in [-0.25, -0.2) is 9.59 Å². The molecule has 1 heterocycles. The summed E-state index contributed by atoms with van der Waals surface area (Å²) in [4.78, 5) is 68.8. The molecule has 10 heteroatoms. The van der Waals surface area contributed by atoms with Gasteiger partial charge in [0.2, 0.25) is 5.91 Å². The van der Waals surface area contributed by atoms with Crippen LogP contribution in [0.25, 0.3) is 0 Å². The molecule has 1 aliphatic heterocycles. The number of carbonyl (C=O) groups is 5. The van der Waals surface area contributed by atoms with Gasteiger partial charge in [-0.15, -0.1) is 0 Å². The van der Waals surface area contributed by atoms with E-state index in [0.717, 1.165) is 17.5 Å². The van der Waals surface area contributed by atoms with Crippen molar-refractivity contribution in [2.45, 2.75) is 46.6 Å². The van der Waals surface area contributed by atoms with Gasteiger partial charge in [0, 0.05) is 17.2 Å². The standard InChI is InChI=1S/C33H36N4O6/c1-5-9-22(4)30(39)36-18-26(35-33(43)34-24-12-8-11-23(17-24)32(41)42)31(40)37(28-16-20(2)14-15-27(28)36)19-29(38)25-13-7-6-10-21(25)3/h6-8,10-17,22,26H,5,9,18-19H2,1-4H3,(H,41,42)(H2,34,35,43). The van der Waals surface area contributed by atoms with E-state index in [1.165, 1.54) is 34.1 Å². The first-order chi connectivity index (χ1) is 20.5. The number of carboxylic acids is 1. The molecule has 0 aliphatic carbocycles. The molecule has 0 fully saturated rings. The summed E-state index contributed by atoms with van der Waals surface area (Å²) >= 11 is 0. The molecular formula is C33H36N4O6. The van der Waals surface area contributed by atoms with E-state index in [4.69, 9.17) is 0 Å². The summed E-state index contributed by atoms with van der Waals surface area (Å²) < 4.78 is 0. The van der Waals surface area contributed by atoms with Gasteiger partial charge in [0.15, 0.2) is 5.78 Å². The maximum atomic E-state index is 14.2. The third-order valence-electron chi connectivity index (χ3n) is 7.47. The number of nitrogens with one attached hydrogen (secondary N) is 2. The van der Waals surface area contributed by atoms with Crippen molar-refractivity contribution in [3.05, 3.63) is 89.0 Å². The Bertz CT molecular complexity index is 1570. The van der Waals surface area contributed by atoms with E-state index in [-0.39, 0.29) is 41.9 Å². The minimum Gasteiger partial charge on any atom is -0.478 e. The number of hydrogen-bond acceptors (Lipinski definition) is 5. The van der Waals surface area contributed by atoms with Crippen molar-refractivity contribution in [3.63, 3.8) is 0 Å². The Labute approximate surface area is 250 Å². The van der Waals surface area contributed by atoms with Gasteiger partial charge in [0.25, 0.3) is 5.91 Å². The van der Waals surface area contributed by atoms with Crippen molar-refractivity contribution in [2.24, 2.45) is 5.92 Å². The van der Waals surface area contributed by atoms with E-state index in [2.05, 4.69) is 10.6 Å². The summed E-state index contributed by atoms with van der Waals surface area (Å²) in [5, 5.41) is 14.5. The van der Waals surface area contributed by atoms with Crippen LogP contribution in [0, 0.1) is 19.8 Å². The monoisotopic (exact) mass is 584 g/mol. The molecular weight excluding hydrogens is 548 g/mol. The Kier molecular flexibility index (Phi) is 9.59. The van der Waals surface area contributed by atoms with E-state index in [0.29, 0.717) is 23.4 Å². The van der Waals surface area contributed by atoms with Crippen LogP contribution in [0.2, 0.25) is 0 Å². The minimum absolute atomic E-state index is 0.0169. The summed E-state index contributed by atoms with van der Waals surface area (Å²) in [5.74, 6) is -2.54. The number of ketones is 1. The largest absolute Gasteiger partial charge is 0.478 e. The quantitative estimate of drug-likeness (QED) is 0.296. The van der Waals surface area contributed by atoms with E-state index in [9.17, 15) is 29.1 Å². The Hall–Kier alpha value is -4.99. The average Bonchev–Trinajstić information content (AvgIpc) is 3.07. The van der Waals surface area contributed by atoms with Crippen LogP contribution >= 0.6 is 0 Å². The molecule has 0 saturated heterocycles. The van der Waals surface area contributed by atoms with Crippen molar-refractivity contribution < 1.29 is 29.1 Å². The Morgan fingerprint density at radius 3 is 2.42 bits per heavy atom. The molecule has 10 nitrogen and oxygen atoms in total. The van der Waals surface area contributed by atoms with Gasteiger partial charge in [0.1, 0.15) is 6.04 Å². The highest BCUT2D eigenvalue weighted by Crippen LogP contribution is 2.35. The second-order valence-corrected chi connectivity index (χ2v) is 10.8. The summed E-state index contributed by atoms with van der Waals surface area (Å²) in [6.07, 6.45) is 1.43. The number of amides is 4. The lowest BCUT2D eigenvalue weighted by Crippen LogP contribution is -2.54. The number of anilines is 3. The topological polar surface area (TPSA) is 136 Å². The average molecular weight is 585 g/mol. The van der Waals surface area contributed by atoms with Crippen LogP contribution < -0.4 is 20.4 Å². The molecule has 2 unspecified atom stereocenters. The van der Waals surface area contributed by atoms with Gasteiger partial charge in [-0.2, -0.15) is 0 Å². The number of carboxylic acid groups (broad SMARTS) is 1. The Morgan fingerprint density at radius 2 is 1.72 bits per heavy atom. The van der Waals surface area contributed by atoms with Crippen LogP contribution in [0.4, 0.5) is 21.9 Å². The lowest BCUT2D eigenvalue weighted by molar-refractivity contribution is -0.122. The molecule has 4 amide bonds. The molecule has 43 heavy (non-hydrogen) atoms. The number of carbonyl (C=O) groups excluding carboxylic acids is 4. The highest BCUT2D eigenvalue weighted by molar-refractivity contribution is 6.13. The van der Waals surface area contributed by atoms with Gasteiger partial charge >= 0.3 is 12.0 Å². The molecule has 0 bridgehead atoms. The summed E-state index contributed by atoms with van der Waals surface area (Å²) in [6.45, 7) is 7.04. The van der Waals surface area contributed by atoms with Crippen LogP contribution in [0.3, 0.4) is 0 Å². The fourth-order valence-electron chi connectivity index (χ4n) is 5.22.